The molecule has 0 aliphatic rings. The molecule has 0 amide bonds. The largest absolute Gasteiger partial charge is 0.252 e. The van der Waals surface area contributed by atoms with Crippen molar-refractivity contribution in [3.05, 3.63) is 41.0 Å². The summed E-state index contributed by atoms with van der Waals surface area (Å²) in [6, 6.07) is 1.66. The highest BCUT2D eigenvalue weighted by Gasteiger charge is 2.22. The fraction of sp³-hybridized carbons (Fsp3) is 0.182. The predicted octanol–water partition coefficient (Wildman–Crippen LogP) is 3.20. The molecule has 0 aliphatic heterocycles. The van der Waals surface area contributed by atoms with Gasteiger partial charge in [0.15, 0.2) is 16.8 Å². The van der Waals surface area contributed by atoms with Crippen LogP contribution in [0, 0.1) is 37.4 Å². The summed E-state index contributed by atoms with van der Waals surface area (Å²) in [6.07, 6.45) is 0. The molecule has 0 saturated heterocycles. The van der Waals surface area contributed by atoms with Crippen molar-refractivity contribution in [1.29, 1.82) is 0 Å². The Bertz CT molecular complexity index is 602. The molecule has 2 rings (SSSR count). The Morgan fingerprint density at radius 1 is 0.842 bits per heavy atom. The number of nitrogens with zero attached hydrogens (tertiary/aromatic N) is 3. The molecule has 100 valence electrons. The quantitative estimate of drug-likeness (QED) is 0.483. The van der Waals surface area contributed by atoms with Crippen LogP contribution in [0.1, 0.15) is 11.4 Å². The van der Waals surface area contributed by atoms with Crippen LogP contribution in [0.15, 0.2) is 16.1 Å². The van der Waals surface area contributed by atoms with E-state index in [-0.39, 0.29) is 5.16 Å². The third kappa shape index (κ3) is 2.83. The van der Waals surface area contributed by atoms with Gasteiger partial charge in [-0.25, -0.2) is 18.7 Å². The molecular formula is C11H7F4N3S. The summed E-state index contributed by atoms with van der Waals surface area (Å²) in [5.74, 6) is -6.53. The Morgan fingerprint density at radius 3 is 1.79 bits per heavy atom. The highest BCUT2D eigenvalue weighted by Crippen LogP contribution is 2.31. The van der Waals surface area contributed by atoms with Gasteiger partial charge < -0.3 is 0 Å². The van der Waals surface area contributed by atoms with Crippen LogP contribution < -0.4 is 0 Å². The van der Waals surface area contributed by atoms with Gasteiger partial charge in [-0.05, 0) is 31.7 Å². The molecule has 0 saturated carbocycles. The molecule has 0 N–H and O–H groups in total. The van der Waals surface area contributed by atoms with E-state index in [0.717, 1.165) is 0 Å². The number of aryl methyl sites for hydroxylation is 2. The molecule has 3 nitrogen and oxygen atoms in total. The molecule has 2 aromatic heterocycles. The minimum absolute atomic E-state index is 0.000278. The number of aromatic nitrogens is 3. The van der Waals surface area contributed by atoms with Gasteiger partial charge in [0.2, 0.25) is 0 Å². The van der Waals surface area contributed by atoms with E-state index in [4.69, 9.17) is 0 Å². The summed E-state index contributed by atoms with van der Waals surface area (Å²) in [6.45, 7) is 3.33. The minimum atomic E-state index is -1.70. The lowest BCUT2D eigenvalue weighted by molar-refractivity contribution is 0.383. The zero-order valence-electron chi connectivity index (χ0n) is 9.84. The first-order chi connectivity index (χ1) is 8.88. The Morgan fingerprint density at radius 2 is 1.32 bits per heavy atom. The highest BCUT2D eigenvalue weighted by molar-refractivity contribution is 7.99. The Balaban J connectivity index is 2.49. The van der Waals surface area contributed by atoms with E-state index in [9.17, 15) is 17.6 Å². The highest BCUT2D eigenvalue weighted by atomic mass is 32.2. The SMILES string of the molecule is Cc1cc(C)nc(Sc2c(F)c(F)nc(F)c2F)n1. The van der Waals surface area contributed by atoms with E-state index in [1.807, 2.05) is 0 Å². The van der Waals surface area contributed by atoms with E-state index in [0.29, 0.717) is 23.1 Å². The molecule has 2 heterocycles. The number of hydrogen-bond donors (Lipinski definition) is 0. The van der Waals surface area contributed by atoms with E-state index >= 15 is 0 Å². The predicted molar refractivity (Wildman–Crippen MR) is 59.7 cm³/mol. The average molecular weight is 289 g/mol. The second-order valence-electron chi connectivity index (χ2n) is 3.69. The van der Waals surface area contributed by atoms with Crippen molar-refractivity contribution in [2.75, 3.05) is 0 Å². The summed E-state index contributed by atoms with van der Waals surface area (Å²) in [5.41, 5.74) is 1.15. The lowest BCUT2D eigenvalue weighted by atomic mass is 10.4. The van der Waals surface area contributed by atoms with Gasteiger partial charge in [0.05, 0.1) is 4.90 Å². The molecule has 0 aliphatic carbocycles. The maximum atomic E-state index is 13.4. The van der Waals surface area contributed by atoms with Crippen molar-refractivity contribution in [2.24, 2.45) is 0 Å². The Hall–Kier alpha value is -1.70. The van der Waals surface area contributed by atoms with Crippen molar-refractivity contribution in [3.8, 4) is 0 Å². The molecular weight excluding hydrogens is 282 g/mol. The summed E-state index contributed by atoms with van der Waals surface area (Å²) in [7, 11) is 0. The third-order valence-electron chi connectivity index (χ3n) is 2.11. The Kier molecular flexibility index (Phi) is 3.70. The van der Waals surface area contributed by atoms with Crippen molar-refractivity contribution in [3.63, 3.8) is 0 Å². The van der Waals surface area contributed by atoms with E-state index in [1.165, 1.54) is 0 Å². The molecule has 0 spiro atoms. The van der Waals surface area contributed by atoms with Gasteiger partial charge in [-0.3, -0.25) is 0 Å². The second kappa shape index (κ2) is 5.12. The summed E-state index contributed by atoms with van der Waals surface area (Å²) in [5, 5.41) is 0.000278. The van der Waals surface area contributed by atoms with Crippen LogP contribution in [0.4, 0.5) is 17.6 Å². The van der Waals surface area contributed by atoms with Crippen LogP contribution in [0.2, 0.25) is 0 Å². The number of hydrogen-bond acceptors (Lipinski definition) is 4. The van der Waals surface area contributed by atoms with Crippen molar-refractivity contribution >= 4 is 11.8 Å². The molecule has 0 radical (unpaired) electrons. The smallest absolute Gasteiger partial charge is 0.228 e. The van der Waals surface area contributed by atoms with Gasteiger partial charge in [-0.15, -0.1) is 0 Å². The number of rotatable bonds is 2. The first kappa shape index (κ1) is 13.7. The monoisotopic (exact) mass is 289 g/mol. The van der Waals surface area contributed by atoms with Crippen LogP contribution in [-0.4, -0.2) is 15.0 Å². The standard InChI is InChI=1S/C11H7F4N3S/c1-4-3-5(2)17-11(16-4)19-8-6(12)9(14)18-10(15)7(8)13/h3H,1-2H3. The molecule has 8 heteroatoms. The second-order valence-corrected chi connectivity index (χ2v) is 4.66. The summed E-state index contributed by atoms with van der Waals surface area (Å²) < 4.78 is 52.7. The van der Waals surface area contributed by atoms with Gasteiger partial charge in [-0.2, -0.15) is 13.8 Å². The summed E-state index contributed by atoms with van der Waals surface area (Å²) in [4.78, 5) is 9.47. The van der Waals surface area contributed by atoms with Crippen molar-refractivity contribution in [1.82, 2.24) is 15.0 Å². The fourth-order valence-electron chi connectivity index (χ4n) is 1.39. The van der Waals surface area contributed by atoms with Crippen molar-refractivity contribution < 1.29 is 17.6 Å². The maximum Gasteiger partial charge on any atom is 0.252 e. The Labute approximate surface area is 110 Å². The van der Waals surface area contributed by atoms with E-state index < -0.39 is 28.4 Å². The first-order valence-corrected chi connectivity index (χ1v) is 5.90. The van der Waals surface area contributed by atoms with Gasteiger partial charge in [0, 0.05) is 11.4 Å². The zero-order chi connectivity index (χ0) is 14.2. The van der Waals surface area contributed by atoms with Crippen LogP contribution in [-0.2, 0) is 0 Å². The first-order valence-electron chi connectivity index (χ1n) is 5.08. The molecule has 0 bridgehead atoms. The van der Waals surface area contributed by atoms with Gasteiger partial charge in [0.1, 0.15) is 0 Å². The summed E-state index contributed by atoms with van der Waals surface area (Å²) >= 11 is 0.405. The zero-order valence-corrected chi connectivity index (χ0v) is 10.7. The third-order valence-corrected chi connectivity index (χ3v) is 3.04. The van der Waals surface area contributed by atoms with Gasteiger partial charge >= 0.3 is 0 Å². The van der Waals surface area contributed by atoms with Gasteiger partial charge in [-0.1, -0.05) is 0 Å². The molecule has 0 atom stereocenters. The van der Waals surface area contributed by atoms with E-state index in [2.05, 4.69) is 15.0 Å². The average Bonchev–Trinajstić information content (AvgIpc) is 2.31. The minimum Gasteiger partial charge on any atom is -0.228 e. The van der Waals surface area contributed by atoms with Crippen LogP contribution >= 0.6 is 11.8 Å². The van der Waals surface area contributed by atoms with Gasteiger partial charge in [0.25, 0.3) is 11.9 Å². The van der Waals surface area contributed by atoms with Crippen molar-refractivity contribution in [2.45, 2.75) is 23.9 Å². The van der Waals surface area contributed by atoms with Crippen LogP contribution in [0.25, 0.3) is 0 Å². The molecule has 0 fully saturated rings. The molecule has 19 heavy (non-hydrogen) atoms. The number of halogens is 4. The van der Waals surface area contributed by atoms with Crippen LogP contribution in [0.3, 0.4) is 0 Å². The fourth-order valence-corrected chi connectivity index (χ4v) is 2.30. The molecule has 2 aromatic rings. The van der Waals surface area contributed by atoms with E-state index in [1.54, 1.807) is 19.9 Å². The normalized spacial score (nSPS) is 10.8. The topological polar surface area (TPSA) is 38.7 Å². The molecule has 0 unspecified atom stereocenters. The lowest BCUT2D eigenvalue weighted by Gasteiger charge is -2.06. The lowest BCUT2D eigenvalue weighted by Crippen LogP contribution is -2.03. The van der Waals surface area contributed by atoms with Crippen LogP contribution in [0.5, 0.6) is 0 Å². The maximum absolute atomic E-state index is 13.4. The number of pyridine rings is 1. The molecule has 0 aromatic carbocycles.